The molecule has 0 saturated carbocycles. The largest absolute Gasteiger partial charge is 0.483 e. The van der Waals surface area contributed by atoms with E-state index in [1.54, 1.807) is 19.1 Å². The molecule has 0 bridgehead atoms. The smallest absolute Gasteiger partial charge is 0.335 e. The molecule has 1 aromatic carbocycles. The summed E-state index contributed by atoms with van der Waals surface area (Å²) >= 11 is 0. The Kier molecular flexibility index (Phi) is 6.90. The molecule has 1 rings (SSSR count). The van der Waals surface area contributed by atoms with Crippen molar-refractivity contribution in [3.63, 3.8) is 0 Å². The first kappa shape index (κ1) is 16.6. The summed E-state index contributed by atoms with van der Waals surface area (Å²) < 4.78 is 15.3. The average Bonchev–Trinajstić information content (AvgIpc) is 2.49. The summed E-state index contributed by atoms with van der Waals surface area (Å²) in [6, 6.07) is 5.99. The van der Waals surface area contributed by atoms with Gasteiger partial charge in [0.25, 0.3) is 0 Å². The van der Waals surface area contributed by atoms with Crippen LogP contribution < -0.4 is 4.74 Å². The zero-order valence-corrected chi connectivity index (χ0v) is 11.7. The number of nitro groups is 1. The Morgan fingerprint density at radius 1 is 1.43 bits per heavy atom. The van der Waals surface area contributed by atoms with Crippen molar-refractivity contribution in [2.24, 2.45) is 0 Å². The average molecular weight is 295 g/mol. The van der Waals surface area contributed by atoms with Crippen LogP contribution in [0.5, 0.6) is 5.75 Å². The lowest BCUT2D eigenvalue weighted by Gasteiger charge is -2.12. The molecule has 0 spiro atoms. The molecule has 21 heavy (non-hydrogen) atoms. The third-order valence-electron chi connectivity index (χ3n) is 2.44. The molecule has 1 aromatic rings. The number of carbonyl (C=O) groups is 1. The van der Waals surface area contributed by atoms with E-state index >= 15 is 0 Å². The van der Waals surface area contributed by atoms with Gasteiger partial charge in [0.15, 0.2) is 11.9 Å². The molecule has 1 atom stereocenters. The molecule has 0 aliphatic heterocycles. The van der Waals surface area contributed by atoms with E-state index in [2.05, 4.69) is 6.58 Å². The predicted molar refractivity (Wildman–Crippen MR) is 75.2 cm³/mol. The Balaban J connectivity index is 2.36. The van der Waals surface area contributed by atoms with Gasteiger partial charge in [-0.1, -0.05) is 18.2 Å². The highest BCUT2D eigenvalue weighted by Crippen LogP contribution is 2.25. The lowest BCUT2D eigenvalue weighted by atomic mass is 10.3. The van der Waals surface area contributed by atoms with E-state index in [4.69, 9.17) is 14.2 Å². The lowest BCUT2D eigenvalue weighted by Crippen LogP contribution is -2.25. The third kappa shape index (κ3) is 5.62. The molecular weight excluding hydrogens is 278 g/mol. The molecule has 0 aliphatic rings. The van der Waals surface area contributed by atoms with Gasteiger partial charge < -0.3 is 14.2 Å². The fourth-order valence-electron chi connectivity index (χ4n) is 1.42. The predicted octanol–water partition coefficient (Wildman–Crippen LogP) is 2.11. The summed E-state index contributed by atoms with van der Waals surface area (Å²) in [5.41, 5.74) is -0.133. The van der Waals surface area contributed by atoms with Crippen molar-refractivity contribution >= 4 is 11.7 Å². The first-order chi connectivity index (χ1) is 10.1. The van der Waals surface area contributed by atoms with E-state index in [1.165, 1.54) is 18.2 Å². The molecule has 7 heteroatoms. The van der Waals surface area contributed by atoms with Crippen LogP contribution in [0.3, 0.4) is 0 Å². The molecule has 0 saturated heterocycles. The van der Waals surface area contributed by atoms with Gasteiger partial charge in [0.05, 0.1) is 11.5 Å². The molecule has 1 unspecified atom stereocenters. The Labute approximate surface area is 122 Å². The summed E-state index contributed by atoms with van der Waals surface area (Å²) in [5.74, 6) is -0.391. The van der Waals surface area contributed by atoms with Crippen LogP contribution in [-0.4, -0.2) is 36.8 Å². The molecule has 0 radical (unpaired) electrons. The van der Waals surface area contributed by atoms with Crippen molar-refractivity contribution in [3.8, 4) is 5.75 Å². The first-order valence-corrected chi connectivity index (χ1v) is 6.31. The van der Waals surface area contributed by atoms with Gasteiger partial charge >= 0.3 is 11.7 Å². The minimum Gasteiger partial charge on any atom is -0.483 e. The van der Waals surface area contributed by atoms with Gasteiger partial charge in [-0.15, -0.1) is 6.58 Å². The third-order valence-corrected chi connectivity index (χ3v) is 2.44. The SMILES string of the molecule is C=CCOC(C)C(=O)OCCOc1ccccc1[N+](=O)[O-]. The number of para-hydroxylation sites is 2. The maximum Gasteiger partial charge on any atom is 0.335 e. The second-order valence-corrected chi connectivity index (χ2v) is 4.01. The summed E-state index contributed by atoms with van der Waals surface area (Å²) in [4.78, 5) is 21.7. The second kappa shape index (κ2) is 8.70. The monoisotopic (exact) mass is 295 g/mol. The van der Waals surface area contributed by atoms with Gasteiger partial charge in [-0.05, 0) is 13.0 Å². The minimum atomic E-state index is -0.700. The van der Waals surface area contributed by atoms with E-state index in [1.807, 2.05) is 0 Å². The molecule has 7 nitrogen and oxygen atoms in total. The van der Waals surface area contributed by atoms with Gasteiger partial charge in [-0.2, -0.15) is 0 Å². The number of benzene rings is 1. The highest BCUT2D eigenvalue weighted by molar-refractivity contribution is 5.74. The highest BCUT2D eigenvalue weighted by Gasteiger charge is 2.16. The molecule has 114 valence electrons. The fourth-order valence-corrected chi connectivity index (χ4v) is 1.42. The van der Waals surface area contributed by atoms with Crippen molar-refractivity contribution in [3.05, 3.63) is 47.0 Å². The molecule has 0 heterocycles. The number of rotatable bonds is 9. The van der Waals surface area contributed by atoms with Crippen LogP contribution in [0.1, 0.15) is 6.92 Å². The Morgan fingerprint density at radius 2 is 2.14 bits per heavy atom. The number of hydrogen-bond acceptors (Lipinski definition) is 6. The second-order valence-electron chi connectivity index (χ2n) is 4.01. The van der Waals surface area contributed by atoms with E-state index < -0.39 is 17.0 Å². The van der Waals surface area contributed by atoms with Crippen molar-refractivity contribution in [2.75, 3.05) is 19.8 Å². The van der Waals surface area contributed by atoms with Crippen LogP contribution in [0, 0.1) is 10.1 Å². The Morgan fingerprint density at radius 3 is 2.81 bits per heavy atom. The van der Waals surface area contributed by atoms with E-state index in [-0.39, 0.29) is 31.3 Å². The topological polar surface area (TPSA) is 87.9 Å². The molecule has 0 amide bonds. The Bertz CT molecular complexity index is 502. The quantitative estimate of drug-likeness (QED) is 0.228. The van der Waals surface area contributed by atoms with Gasteiger partial charge in [0, 0.05) is 6.07 Å². The molecule has 0 fully saturated rings. The Hall–Kier alpha value is -2.41. The van der Waals surface area contributed by atoms with Crippen molar-refractivity contribution in [2.45, 2.75) is 13.0 Å². The van der Waals surface area contributed by atoms with Crippen molar-refractivity contribution < 1.29 is 23.9 Å². The fraction of sp³-hybridized carbons (Fsp3) is 0.357. The molecule has 0 aliphatic carbocycles. The zero-order valence-electron chi connectivity index (χ0n) is 11.7. The van der Waals surface area contributed by atoms with Crippen LogP contribution in [0.4, 0.5) is 5.69 Å². The summed E-state index contributed by atoms with van der Waals surface area (Å²) in [6.45, 7) is 5.29. The number of ether oxygens (including phenoxy) is 3. The van der Waals surface area contributed by atoms with E-state index in [9.17, 15) is 14.9 Å². The van der Waals surface area contributed by atoms with Crippen LogP contribution in [0.2, 0.25) is 0 Å². The molecule has 0 N–H and O–H groups in total. The van der Waals surface area contributed by atoms with Gasteiger partial charge in [0.1, 0.15) is 13.2 Å². The van der Waals surface area contributed by atoms with Crippen LogP contribution in [-0.2, 0) is 14.3 Å². The number of hydrogen-bond donors (Lipinski definition) is 0. The number of esters is 1. The standard InChI is InChI=1S/C14H17NO6/c1-3-8-19-11(2)14(16)21-10-9-20-13-7-5-4-6-12(13)15(17)18/h3-7,11H,1,8-10H2,2H3. The molecular formula is C14H17NO6. The minimum absolute atomic E-state index is 0.0186. The van der Waals surface area contributed by atoms with Gasteiger partial charge in [0.2, 0.25) is 0 Å². The van der Waals surface area contributed by atoms with Crippen molar-refractivity contribution in [1.29, 1.82) is 0 Å². The first-order valence-electron chi connectivity index (χ1n) is 6.31. The number of nitrogens with zero attached hydrogens (tertiary/aromatic N) is 1. The normalized spacial score (nSPS) is 11.5. The van der Waals surface area contributed by atoms with Gasteiger partial charge in [-0.3, -0.25) is 10.1 Å². The molecule has 0 aromatic heterocycles. The summed E-state index contributed by atoms with van der Waals surface area (Å²) in [6.07, 6.45) is 0.829. The summed E-state index contributed by atoms with van der Waals surface area (Å²) in [7, 11) is 0. The van der Waals surface area contributed by atoms with Gasteiger partial charge in [-0.25, -0.2) is 4.79 Å². The maximum atomic E-state index is 11.5. The zero-order chi connectivity index (χ0) is 15.7. The number of nitro benzene ring substituents is 1. The maximum absolute atomic E-state index is 11.5. The number of carbonyl (C=O) groups excluding carboxylic acids is 1. The highest BCUT2D eigenvalue weighted by atomic mass is 16.6. The van der Waals surface area contributed by atoms with Crippen LogP contribution in [0.25, 0.3) is 0 Å². The van der Waals surface area contributed by atoms with E-state index in [0.29, 0.717) is 0 Å². The lowest BCUT2D eigenvalue weighted by molar-refractivity contribution is -0.385. The van der Waals surface area contributed by atoms with Crippen LogP contribution >= 0.6 is 0 Å². The van der Waals surface area contributed by atoms with E-state index in [0.717, 1.165) is 0 Å². The van der Waals surface area contributed by atoms with Crippen LogP contribution in [0.15, 0.2) is 36.9 Å². The summed E-state index contributed by atoms with van der Waals surface area (Å²) in [5, 5.41) is 10.8. The van der Waals surface area contributed by atoms with Crippen molar-refractivity contribution in [1.82, 2.24) is 0 Å².